The third-order valence-corrected chi connectivity index (χ3v) is 1.26. The minimum Gasteiger partial charge on any atom is -0.328 e. The molecule has 0 radical (unpaired) electrons. The number of H-pyrrole nitrogens is 1. The second-order valence-electron chi connectivity index (χ2n) is 1.84. The van der Waals surface area contributed by atoms with Crippen molar-refractivity contribution >= 4 is 18.0 Å². The first-order chi connectivity index (χ1) is 4.70. The number of hydrogen-bond donors (Lipinski definition) is 1. The summed E-state index contributed by atoms with van der Waals surface area (Å²) in [6, 6.07) is 1.60. The topological polar surface area (TPSA) is 45.8 Å². The molecule has 1 aromatic rings. The summed E-state index contributed by atoms with van der Waals surface area (Å²) >= 11 is 4.70. The van der Waals surface area contributed by atoms with Crippen molar-refractivity contribution in [2.45, 2.75) is 6.92 Å². The predicted molar refractivity (Wildman–Crippen MR) is 39.4 cm³/mol. The van der Waals surface area contributed by atoms with Crippen LogP contribution in [0.2, 0.25) is 0 Å². The molecule has 0 aliphatic rings. The van der Waals surface area contributed by atoms with E-state index in [9.17, 15) is 4.79 Å². The molecule has 4 heteroatoms. The van der Waals surface area contributed by atoms with E-state index in [0.717, 1.165) is 0 Å². The zero-order valence-corrected chi connectivity index (χ0v) is 6.23. The van der Waals surface area contributed by atoms with E-state index in [0.29, 0.717) is 10.5 Å². The molecule has 0 aliphatic heterocycles. The highest BCUT2D eigenvalue weighted by molar-refractivity contribution is 7.71. The Hall–Kier alpha value is -1.03. The Kier molecular flexibility index (Phi) is 1.91. The van der Waals surface area contributed by atoms with E-state index in [4.69, 9.17) is 12.2 Å². The highest BCUT2D eigenvalue weighted by Gasteiger charge is 1.95. The zero-order valence-electron chi connectivity index (χ0n) is 5.42. The number of carbonyl (C=O) groups is 1. The first-order valence-electron chi connectivity index (χ1n) is 2.76. The molecule has 10 heavy (non-hydrogen) atoms. The Balaban J connectivity index is 3.20. The summed E-state index contributed by atoms with van der Waals surface area (Å²) in [5.74, 6) is -0.0338. The number of ketones is 1. The van der Waals surface area contributed by atoms with Crippen LogP contribution >= 0.6 is 12.2 Å². The van der Waals surface area contributed by atoms with Gasteiger partial charge in [-0.2, -0.15) is 0 Å². The summed E-state index contributed by atoms with van der Waals surface area (Å²) < 4.78 is 0.340. The fourth-order valence-electron chi connectivity index (χ4n) is 0.574. The number of nitrogens with zero attached hydrogens (tertiary/aromatic N) is 1. The maximum atomic E-state index is 10.7. The van der Waals surface area contributed by atoms with Gasteiger partial charge in [-0.15, -0.1) is 0 Å². The van der Waals surface area contributed by atoms with Crippen LogP contribution in [-0.4, -0.2) is 15.8 Å². The number of aromatic amines is 1. The molecule has 0 unspecified atom stereocenters. The van der Waals surface area contributed by atoms with Crippen LogP contribution in [0.4, 0.5) is 0 Å². The third kappa shape index (κ3) is 1.48. The van der Waals surface area contributed by atoms with E-state index < -0.39 is 0 Å². The molecule has 1 N–H and O–H groups in total. The Bertz CT molecular complexity index is 305. The summed E-state index contributed by atoms with van der Waals surface area (Å²) in [4.78, 5) is 17.1. The molecule has 0 bridgehead atoms. The smallest absolute Gasteiger partial charge is 0.197 e. The van der Waals surface area contributed by atoms with Gasteiger partial charge in [0.1, 0.15) is 0 Å². The molecule has 1 rings (SSSR count). The maximum absolute atomic E-state index is 10.7. The van der Waals surface area contributed by atoms with Gasteiger partial charge in [0.2, 0.25) is 0 Å². The Morgan fingerprint density at radius 2 is 2.50 bits per heavy atom. The Labute approximate surface area is 63.1 Å². The third-order valence-electron chi connectivity index (χ3n) is 1.05. The van der Waals surface area contributed by atoms with Crippen LogP contribution in [0.1, 0.15) is 17.4 Å². The van der Waals surface area contributed by atoms with Crippen LogP contribution in [0, 0.1) is 4.77 Å². The number of rotatable bonds is 1. The average molecular weight is 154 g/mol. The fourth-order valence-corrected chi connectivity index (χ4v) is 0.745. The Morgan fingerprint density at radius 3 is 2.90 bits per heavy atom. The molecule has 3 nitrogen and oxygen atoms in total. The van der Waals surface area contributed by atoms with Gasteiger partial charge in [-0.05, 0) is 18.3 Å². The molecular formula is C6H6N2OS. The molecule has 1 heterocycles. The quantitative estimate of drug-likeness (QED) is 0.490. The second-order valence-corrected chi connectivity index (χ2v) is 2.23. The maximum Gasteiger partial charge on any atom is 0.197 e. The number of Topliss-reactive ketones (excluding diaryl/α,β-unsaturated/α-hetero) is 1. The van der Waals surface area contributed by atoms with Gasteiger partial charge in [-0.3, -0.25) is 4.79 Å². The molecule has 0 aliphatic carbocycles. The highest BCUT2D eigenvalue weighted by atomic mass is 32.1. The second kappa shape index (κ2) is 2.70. The SMILES string of the molecule is CC(=O)c1ccnc(=S)[nH]1. The monoisotopic (exact) mass is 154 g/mol. The van der Waals surface area contributed by atoms with Gasteiger partial charge in [0.15, 0.2) is 10.6 Å². The van der Waals surface area contributed by atoms with Gasteiger partial charge in [0, 0.05) is 13.1 Å². The van der Waals surface area contributed by atoms with E-state index in [2.05, 4.69) is 9.97 Å². The summed E-state index contributed by atoms with van der Waals surface area (Å²) in [5.41, 5.74) is 0.500. The van der Waals surface area contributed by atoms with Gasteiger partial charge in [-0.1, -0.05) is 0 Å². The van der Waals surface area contributed by atoms with Crippen molar-refractivity contribution in [1.82, 2.24) is 9.97 Å². The molecule has 0 amide bonds. The van der Waals surface area contributed by atoms with Gasteiger partial charge in [0.05, 0.1) is 5.69 Å². The molecule has 1 aromatic heterocycles. The van der Waals surface area contributed by atoms with E-state index in [1.165, 1.54) is 13.1 Å². The predicted octanol–water partition coefficient (Wildman–Crippen LogP) is 1.34. The number of nitrogens with one attached hydrogen (secondary N) is 1. The molecular weight excluding hydrogens is 148 g/mol. The molecule has 52 valence electrons. The first-order valence-corrected chi connectivity index (χ1v) is 3.17. The molecule has 0 aromatic carbocycles. The minimum atomic E-state index is -0.0338. The van der Waals surface area contributed by atoms with Crippen LogP contribution in [-0.2, 0) is 0 Å². The molecule has 0 atom stereocenters. The number of hydrogen-bond acceptors (Lipinski definition) is 3. The molecule has 0 saturated heterocycles. The van der Waals surface area contributed by atoms with Crippen molar-refractivity contribution in [3.63, 3.8) is 0 Å². The molecule has 0 saturated carbocycles. The van der Waals surface area contributed by atoms with Crippen LogP contribution in [0.25, 0.3) is 0 Å². The summed E-state index contributed by atoms with van der Waals surface area (Å²) in [5, 5.41) is 0. The number of aromatic nitrogens is 2. The van der Waals surface area contributed by atoms with Crippen molar-refractivity contribution in [3.8, 4) is 0 Å². The largest absolute Gasteiger partial charge is 0.328 e. The lowest BCUT2D eigenvalue weighted by Gasteiger charge is -1.91. The van der Waals surface area contributed by atoms with Crippen molar-refractivity contribution < 1.29 is 4.79 Å². The lowest BCUT2D eigenvalue weighted by Crippen LogP contribution is -1.96. The zero-order chi connectivity index (χ0) is 7.56. The Morgan fingerprint density at radius 1 is 1.80 bits per heavy atom. The van der Waals surface area contributed by atoms with Crippen molar-refractivity contribution in [2.24, 2.45) is 0 Å². The minimum absolute atomic E-state index is 0.0338. The fraction of sp³-hybridized carbons (Fsp3) is 0.167. The summed E-state index contributed by atoms with van der Waals surface area (Å²) in [6.45, 7) is 1.47. The van der Waals surface area contributed by atoms with Gasteiger partial charge < -0.3 is 4.98 Å². The van der Waals surface area contributed by atoms with Crippen LogP contribution in [0.5, 0.6) is 0 Å². The van der Waals surface area contributed by atoms with Crippen LogP contribution < -0.4 is 0 Å². The lowest BCUT2D eigenvalue weighted by molar-refractivity contribution is 0.101. The van der Waals surface area contributed by atoms with Gasteiger partial charge in [0.25, 0.3) is 0 Å². The van der Waals surface area contributed by atoms with E-state index in [1.54, 1.807) is 6.07 Å². The van der Waals surface area contributed by atoms with E-state index >= 15 is 0 Å². The highest BCUT2D eigenvalue weighted by Crippen LogP contribution is 1.92. The first kappa shape index (κ1) is 7.08. The van der Waals surface area contributed by atoms with Gasteiger partial charge >= 0.3 is 0 Å². The van der Waals surface area contributed by atoms with Crippen molar-refractivity contribution in [3.05, 3.63) is 22.7 Å². The lowest BCUT2D eigenvalue weighted by atomic mass is 10.3. The molecule has 0 spiro atoms. The van der Waals surface area contributed by atoms with Crippen molar-refractivity contribution in [1.29, 1.82) is 0 Å². The summed E-state index contributed by atoms with van der Waals surface area (Å²) in [6.07, 6.45) is 1.51. The van der Waals surface area contributed by atoms with Crippen molar-refractivity contribution in [2.75, 3.05) is 0 Å². The molecule has 0 fully saturated rings. The number of carbonyl (C=O) groups excluding carboxylic acids is 1. The van der Waals surface area contributed by atoms with E-state index in [-0.39, 0.29) is 5.78 Å². The van der Waals surface area contributed by atoms with Crippen LogP contribution in [0.3, 0.4) is 0 Å². The van der Waals surface area contributed by atoms with E-state index in [1.807, 2.05) is 0 Å². The van der Waals surface area contributed by atoms with Gasteiger partial charge in [-0.25, -0.2) is 4.98 Å². The average Bonchev–Trinajstić information content (AvgIpc) is 1.88. The standard InChI is InChI=1S/C6H6N2OS/c1-4(9)5-2-3-7-6(10)8-5/h2-3H,1H3,(H,7,8,10). The normalized spacial score (nSPS) is 9.30. The van der Waals surface area contributed by atoms with Crippen LogP contribution in [0.15, 0.2) is 12.3 Å². The summed E-state index contributed by atoms with van der Waals surface area (Å²) in [7, 11) is 0.